The Kier molecular flexibility index (Phi) is 14.0. The molecule has 0 aliphatic rings. The molecular formula is C11H19O4. The highest BCUT2D eigenvalue weighted by molar-refractivity contribution is 5.87. The van der Waals surface area contributed by atoms with Crippen molar-refractivity contribution < 1.29 is 19.7 Å². The van der Waals surface area contributed by atoms with Gasteiger partial charge in [0.05, 0.1) is 13.7 Å². The minimum atomic E-state index is -0.358. The quantitative estimate of drug-likeness (QED) is 0.391. The van der Waals surface area contributed by atoms with E-state index in [1.54, 1.807) is 0 Å². The predicted molar refractivity (Wildman–Crippen MR) is 58.0 cm³/mol. The van der Waals surface area contributed by atoms with E-state index in [2.05, 4.69) is 17.9 Å². The molecule has 0 aromatic heterocycles. The predicted octanol–water partition coefficient (Wildman–Crippen LogP) is 0.846. The van der Waals surface area contributed by atoms with Crippen LogP contribution in [-0.2, 0) is 9.53 Å². The fraction of sp³-hybridized carbons (Fsp3) is 0.545. The van der Waals surface area contributed by atoms with Crippen molar-refractivity contribution in [3.05, 3.63) is 24.8 Å². The number of hydrogen-bond acceptors (Lipinski definition) is 4. The highest BCUT2D eigenvalue weighted by atomic mass is 16.5. The van der Waals surface area contributed by atoms with Gasteiger partial charge in [0.15, 0.2) is 0 Å². The molecule has 0 heterocycles. The van der Waals surface area contributed by atoms with E-state index in [9.17, 15) is 4.79 Å². The molecule has 0 amide bonds. The van der Waals surface area contributed by atoms with Gasteiger partial charge in [-0.3, -0.25) is 0 Å². The van der Waals surface area contributed by atoms with E-state index in [0.29, 0.717) is 18.4 Å². The summed E-state index contributed by atoms with van der Waals surface area (Å²) >= 11 is 0. The highest BCUT2D eigenvalue weighted by Gasteiger charge is 2.04. The SMILES string of the molecule is C=C(CCCCO)C(=O)OC.[CH]=CCO. The molecule has 4 nitrogen and oxygen atoms in total. The van der Waals surface area contributed by atoms with E-state index < -0.39 is 0 Å². The maximum Gasteiger partial charge on any atom is 0.333 e. The molecule has 0 fully saturated rings. The Bertz CT molecular complexity index is 187. The maximum atomic E-state index is 10.7. The van der Waals surface area contributed by atoms with E-state index >= 15 is 0 Å². The standard InChI is InChI=1S/C8H14O3.C3H5O/c1-7(8(10)11-2)5-3-4-6-9;1-2-3-4/h9H,1,3-6H2,2H3;1-2,4H,3H2. The fourth-order valence-electron chi connectivity index (χ4n) is 0.697. The number of hydrogen-bond donors (Lipinski definition) is 2. The number of methoxy groups -OCH3 is 1. The Morgan fingerprint density at radius 3 is 2.33 bits per heavy atom. The van der Waals surface area contributed by atoms with Crippen molar-refractivity contribution in [3.8, 4) is 0 Å². The second kappa shape index (κ2) is 12.9. The largest absolute Gasteiger partial charge is 0.466 e. The van der Waals surface area contributed by atoms with Crippen LogP contribution < -0.4 is 0 Å². The molecule has 0 unspecified atom stereocenters. The molecule has 87 valence electrons. The lowest BCUT2D eigenvalue weighted by atomic mass is 10.1. The Balaban J connectivity index is 0. The number of carbonyl (C=O) groups is 1. The van der Waals surface area contributed by atoms with E-state index in [0.717, 1.165) is 6.42 Å². The van der Waals surface area contributed by atoms with Crippen LogP contribution in [0, 0.1) is 6.58 Å². The van der Waals surface area contributed by atoms with Crippen LogP contribution in [0.25, 0.3) is 0 Å². The fourth-order valence-corrected chi connectivity index (χ4v) is 0.697. The van der Waals surface area contributed by atoms with Gasteiger partial charge in [0, 0.05) is 12.2 Å². The molecule has 0 saturated heterocycles. The topological polar surface area (TPSA) is 66.8 Å². The zero-order valence-corrected chi connectivity index (χ0v) is 9.11. The van der Waals surface area contributed by atoms with Crippen molar-refractivity contribution >= 4 is 5.97 Å². The molecule has 0 aromatic carbocycles. The number of rotatable bonds is 6. The van der Waals surface area contributed by atoms with Gasteiger partial charge in [0.25, 0.3) is 0 Å². The smallest absolute Gasteiger partial charge is 0.333 e. The summed E-state index contributed by atoms with van der Waals surface area (Å²) in [6.07, 6.45) is 3.27. The minimum Gasteiger partial charge on any atom is -0.466 e. The van der Waals surface area contributed by atoms with Crippen LogP contribution in [0.5, 0.6) is 0 Å². The summed E-state index contributed by atoms with van der Waals surface area (Å²) in [5, 5.41) is 16.1. The van der Waals surface area contributed by atoms with Gasteiger partial charge < -0.3 is 14.9 Å². The molecule has 0 saturated carbocycles. The molecule has 4 heteroatoms. The van der Waals surface area contributed by atoms with Crippen LogP contribution in [0.15, 0.2) is 18.2 Å². The molecule has 0 spiro atoms. The lowest BCUT2D eigenvalue weighted by Crippen LogP contribution is -2.03. The summed E-state index contributed by atoms with van der Waals surface area (Å²) < 4.78 is 4.44. The van der Waals surface area contributed by atoms with E-state index in [1.807, 2.05) is 0 Å². The van der Waals surface area contributed by atoms with Crippen LogP contribution in [0.4, 0.5) is 0 Å². The summed E-state index contributed by atoms with van der Waals surface area (Å²) in [6, 6.07) is 0. The molecular weight excluding hydrogens is 196 g/mol. The van der Waals surface area contributed by atoms with Crippen LogP contribution in [0.3, 0.4) is 0 Å². The lowest BCUT2D eigenvalue weighted by Gasteiger charge is -2.01. The minimum absolute atomic E-state index is 0.0278. The van der Waals surface area contributed by atoms with Crippen LogP contribution in [0.2, 0.25) is 0 Å². The number of aliphatic hydroxyl groups excluding tert-OH is 2. The first-order chi connectivity index (χ1) is 7.13. The monoisotopic (exact) mass is 215 g/mol. The normalized spacial score (nSPS) is 8.47. The molecule has 15 heavy (non-hydrogen) atoms. The molecule has 0 rings (SSSR count). The Morgan fingerprint density at radius 1 is 1.47 bits per heavy atom. The highest BCUT2D eigenvalue weighted by Crippen LogP contribution is 2.05. The lowest BCUT2D eigenvalue weighted by molar-refractivity contribution is -0.136. The molecule has 0 aliphatic heterocycles. The van der Waals surface area contributed by atoms with E-state index in [1.165, 1.54) is 13.2 Å². The molecule has 0 atom stereocenters. The molecule has 0 aliphatic carbocycles. The van der Waals surface area contributed by atoms with E-state index in [4.69, 9.17) is 10.2 Å². The summed E-state index contributed by atoms with van der Waals surface area (Å²) in [5.74, 6) is -0.358. The van der Waals surface area contributed by atoms with Gasteiger partial charge in [0.1, 0.15) is 0 Å². The second-order valence-electron chi connectivity index (χ2n) is 2.69. The Hall–Kier alpha value is -1.13. The van der Waals surface area contributed by atoms with Gasteiger partial charge in [0.2, 0.25) is 0 Å². The van der Waals surface area contributed by atoms with Crippen LogP contribution in [0.1, 0.15) is 19.3 Å². The summed E-state index contributed by atoms with van der Waals surface area (Å²) in [4.78, 5) is 10.7. The summed E-state index contributed by atoms with van der Waals surface area (Å²) in [5.41, 5.74) is 0.473. The number of aliphatic hydroxyl groups is 2. The van der Waals surface area contributed by atoms with Gasteiger partial charge >= 0.3 is 5.97 Å². The second-order valence-corrected chi connectivity index (χ2v) is 2.69. The Labute approximate surface area is 90.9 Å². The first-order valence-electron chi connectivity index (χ1n) is 4.65. The van der Waals surface area contributed by atoms with Gasteiger partial charge in [-0.1, -0.05) is 19.2 Å². The number of carbonyl (C=O) groups excluding carboxylic acids is 1. The zero-order chi connectivity index (χ0) is 12.1. The first-order valence-corrected chi connectivity index (χ1v) is 4.65. The third kappa shape index (κ3) is 12.9. The average Bonchev–Trinajstić information content (AvgIpc) is 2.28. The molecule has 0 aromatic rings. The van der Waals surface area contributed by atoms with Crippen molar-refractivity contribution in [3.63, 3.8) is 0 Å². The van der Waals surface area contributed by atoms with Gasteiger partial charge in [-0.25, -0.2) is 4.79 Å². The van der Waals surface area contributed by atoms with Crippen molar-refractivity contribution in [2.75, 3.05) is 20.3 Å². The number of ether oxygens (including phenoxy) is 1. The van der Waals surface area contributed by atoms with Gasteiger partial charge in [-0.15, -0.1) is 0 Å². The summed E-state index contributed by atoms with van der Waals surface area (Å²) in [7, 11) is 1.33. The van der Waals surface area contributed by atoms with Crippen molar-refractivity contribution in [1.82, 2.24) is 0 Å². The van der Waals surface area contributed by atoms with Crippen LogP contribution >= 0.6 is 0 Å². The number of esters is 1. The first kappa shape index (κ1) is 16.3. The third-order valence-corrected chi connectivity index (χ3v) is 1.47. The van der Waals surface area contributed by atoms with Gasteiger partial charge in [-0.05, 0) is 19.3 Å². The summed E-state index contributed by atoms with van der Waals surface area (Å²) in [6.45, 7) is 8.33. The van der Waals surface area contributed by atoms with E-state index in [-0.39, 0.29) is 19.2 Å². The Morgan fingerprint density at radius 2 is 2.00 bits per heavy atom. The number of unbranched alkanes of at least 4 members (excludes halogenated alkanes) is 1. The molecule has 0 bridgehead atoms. The van der Waals surface area contributed by atoms with Crippen molar-refractivity contribution in [1.29, 1.82) is 0 Å². The van der Waals surface area contributed by atoms with Crippen LogP contribution in [-0.4, -0.2) is 36.5 Å². The van der Waals surface area contributed by atoms with Crippen molar-refractivity contribution in [2.45, 2.75) is 19.3 Å². The van der Waals surface area contributed by atoms with Gasteiger partial charge in [-0.2, -0.15) is 0 Å². The maximum absolute atomic E-state index is 10.7. The average molecular weight is 215 g/mol. The molecule has 1 radical (unpaired) electrons. The third-order valence-electron chi connectivity index (χ3n) is 1.47. The van der Waals surface area contributed by atoms with Crippen molar-refractivity contribution in [2.24, 2.45) is 0 Å². The zero-order valence-electron chi connectivity index (χ0n) is 9.11. The molecule has 2 N–H and O–H groups in total.